The van der Waals surface area contributed by atoms with Crippen molar-refractivity contribution >= 4 is 17.4 Å². The van der Waals surface area contributed by atoms with Gasteiger partial charge in [0.25, 0.3) is 5.56 Å². The monoisotopic (exact) mass is 459 g/mol. The number of hydrogen-bond donors (Lipinski definition) is 2. The minimum atomic E-state index is -0.648. The Labute approximate surface area is 195 Å². The zero-order valence-electron chi connectivity index (χ0n) is 20.6. The average Bonchev–Trinajstić information content (AvgIpc) is 2.75. The molecule has 1 aromatic heterocycles. The van der Waals surface area contributed by atoms with Crippen molar-refractivity contribution in [3.8, 4) is 5.75 Å². The summed E-state index contributed by atoms with van der Waals surface area (Å²) in [4.78, 5) is 44.3. The second-order valence-electron chi connectivity index (χ2n) is 9.05. The molecule has 0 saturated carbocycles. The van der Waals surface area contributed by atoms with Crippen molar-refractivity contribution in [3.63, 3.8) is 0 Å². The fourth-order valence-corrected chi connectivity index (χ4v) is 3.61. The number of benzene rings is 1. The lowest BCUT2D eigenvalue weighted by molar-refractivity contribution is -0.120. The van der Waals surface area contributed by atoms with E-state index in [0.29, 0.717) is 26.2 Å². The van der Waals surface area contributed by atoms with Crippen LogP contribution >= 0.6 is 0 Å². The van der Waals surface area contributed by atoms with Crippen LogP contribution in [0.3, 0.4) is 0 Å². The quantitative estimate of drug-likeness (QED) is 0.533. The predicted octanol–water partition coefficient (Wildman–Crippen LogP) is 2.29. The van der Waals surface area contributed by atoms with Crippen LogP contribution in [0.2, 0.25) is 0 Å². The van der Waals surface area contributed by atoms with Crippen LogP contribution in [0.15, 0.2) is 33.9 Å². The molecule has 3 N–H and O–H groups in total. The fraction of sp³-hybridized carbons (Fsp3) is 0.542. The van der Waals surface area contributed by atoms with Gasteiger partial charge < -0.3 is 15.4 Å². The zero-order chi connectivity index (χ0) is 24.7. The molecule has 0 spiro atoms. The maximum atomic E-state index is 13.4. The van der Waals surface area contributed by atoms with E-state index in [-0.39, 0.29) is 35.8 Å². The third-order valence-electron chi connectivity index (χ3n) is 5.25. The molecule has 0 aliphatic rings. The van der Waals surface area contributed by atoms with Crippen molar-refractivity contribution in [2.45, 2.75) is 47.7 Å². The third kappa shape index (κ3) is 6.95. The number of aromatic amines is 1. The van der Waals surface area contributed by atoms with E-state index in [2.05, 4.69) is 4.98 Å². The topological polar surface area (TPSA) is 114 Å². The number of nitrogens with one attached hydrogen (secondary N) is 1. The smallest absolute Gasteiger partial charge is 0.330 e. The number of anilines is 2. The number of hydrogen-bond acceptors (Lipinski definition) is 6. The maximum Gasteiger partial charge on any atom is 0.330 e. The van der Waals surface area contributed by atoms with Crippen LogP contribution < -0.4 is 26.6 Å². The SMILES string of the molecule is CCN(CC(=O)N(CC(C)C)c1c(N)n(CC(C)C)c(=O)[nH]c1=O)Cc1ccc(OC)cc1. The second kappa shape index (κ2) is 11.7. The number of nitrogens with zero attached hydrogens (tertiary/aromatic N) is 3. The molecule has 0 aliphatic carbocycles. The number of aromatic nitrogens is 2. The summed E-state index contributed by atoms with van der Waals surface area (Å²) in [6.45, 7) is 11.8. The Hall–Kier alpha value is -3.07. The van der Waals surface area contributed by atoms with E-state index >= 15 is 0 Å². The summed E-state index contributed by atoms with van der Waals surface area (Å²) in [6.07, 6.45) is 0. The number of amides is 1. The Bertz CT molecular complexity index is 1040. The van der Waals surface area contributed by atoms with Crippen molar-refractivity contribution in [1.29, 1.82) is 0 Å². The van der Waals surface area contributed by atoms with Gasteiger partial charge >= 0.3 is 5.69 Å². The number of nitrogen functional groups attached to an aromatic ring is 1. The molecule has 2 rings (SSSR count). The number of methoxy groups -OCH3 is 1. The highest BCUT2D eigenvalue weighted by Crippen LogP contribution is 2.20. The van der Waals surface area contributed by atoms with Gasteiger partial charge in [0.05, 0.1) is 13.7 Å². The van der Waals surface area contributed by atoms with Crippen LogP contribution in [-0.4, -0.2) is 47.1 Å². The molecule has 0 saturated heterocycles. The van der Waals surface area contributed by atoms with Crippen LogP contribution in [0.5, 0.6) is 5.75 Å². The second-order valence-corrected chi connectivity index (χ2v) is 9.05. The van der Waals surface area contributed by atoms with Crippen molar-refractivity contribution in [3.05, 3.63) is 50.7 Å². The summed E-state index contributed by atoms with van der Waals surface area (Å²) >= 11 is 0. The summed E-state index contributed by atoms with van der Waals surface area (Å²) in [5.41, 5.74) is 6.15. The lowest BCUT2D eigenvalue weighted by Crippen LogP contribution is -2.46. The first-order chi connectivity index (χ1) is 15.6. The van der Waals surface area contributed by atoms with Crippen LogP contribution in [0.4, 0.5) is 11.5 Å². The Morgan fingerprint density at radius 2 is 1.76 bits per heavy atom. The summed E-state index contributed by atoms with van der Waals surface area (Å²) in [6, 6.07) is 7.69. The molecule has 182 valence electrons. The minimum Gasteiger partial charge on any atom is -0.497 e. The van der Waals surface area contributed by atoms with E-state index in [1.165, 1.54) is 9.47 Å². The van der Waals surface area contributed by atoms with E-state index in [9.17, 15) is 14.4 Å². The molecule has 1 amide bonds. The van der Waals surface area contributed by atoms with Gasteiger partial charge in [0.1, 0.15) is 11.6 Å². The molecule has 1 heterocycles. The van der Waals surface area contributed by atoms with Gasteiger partial charge in [0.15, 0.2) is 5.69 Å². The van der Waals surface area contributed by atoms with Gasteiger partial charge in [-0.2, -0.15) is 0 Å². The van der Waals surface area contributed by atoms with Gasteiger partial charge in [0.2, 0.25) is 5.91 Å². The first kappa shape index (κ1) is 26.2. The van der Waals surface area contributed by atoms with Crippen molar-refractivity contribution in [2.24, 2.45) is 11.8 Å². The lowest BCUT2D eigenvalue weighted by Gasteiger charge is -2.29. The van der Waals surface area contributed by atoms with E-state index in [1.54, 1.807) is 7.11 Å². The Balaban J connectivity index is 2.36. The molecule has 2 aromatic rings. The zero-order valence-corrected chi connectivity index (χ0v) is 20.6. The molecule has 0 aliphatic heterocycles. The Morgan fingerprint density at radius 3 is 2.27 bits per heavy atom. The molecule has 1 aromatic carbocycles. The van der Waals surface area contributed by atoms with E-state index in [0.717, 1.165) is 11.3 Å². The van der Waals surface area contributed by atoms with Crippen LogP contribution in [0, 0.1) is 11.8 Å². The normalized spacial score (nSPS) is 11.4. The number of nitrogens with two attached hydrogens (primary N) is 1. The molecule has 0 radical (unpaired) electrons. The number of H-pyrrole nitrogens is 1. The van der Waals surface area contributed by atoms with E-state index in [1.807, 2.05) is 63.8 Å². The van der Waals surface area contributed by atoms with Crippen LogP contribution in [0.25, 0.3) is 0 Å². The third-order valence-corrected chi connectivity index (χ3v) is 5.25. The number of carbonyl (C=O) groups is 1. The predicted molar refractivity (Wildman–Crippen MR) is 132 cm³/mol. The molecule has 0 unspecified atom stereocenters. The first-order valence-corrected chi connectivity index (χ1v) is 11.4. The highest BCUT2D eigenvalue weighted by atomic mass is 16.5. The van der Waals surface area contributed by atoms with E-state index < -0.39 is 11.2 Å². The van der Waals surface area contributed by atoms with Crippen molar-refractivity contribution in [1.82, 2.24) is 14.5 Å². The lowest BCUT2D eigenvalue weighted by atomic mass is 10.1. The standard InChI is InChI=1S/C24H37N5O4/c1-7-27(14-18-8-10-19(33-6)11-9-18)15-20(30)28(12-16(2)3)21-22(25)29(13-17(4)5)24(32)26-23(21)31/h8-11,16-17H,7,12-15,25H2,1-6H3,(H,26,31,32). The molecular weight excluding hydrogens is 422 g/mol. The summed E-state index contributed by atoms with van der Waals surface area (Å²) in [7, 11) is 1.62. The highest BCUT2D eigenvalue weighted by molar-refractivity contribution is 5.96. The Kier molecular flexibility index (Phi) is 9.28. The number of ether oxygens (including phenoxy) is 1. The number of likely N-dealkylation sites (N-methyl/N-ethyl adjacent to an activating group) is 1. The summed E-state index contributed by atoms with van der Waals surface area (Å²) < 4.78 is 6.53. The molecule has 0 bridgehead atoms. The van der Waals surface area contributed by atoms with Gasteiger partial charge in [-0.3, -0.25) is 24.0 Å². The van der Waals surface area contributed by atoms with Gasteiger partial charge in [-0.25, -0.2) is 4.79 Å². The molecule has 33 heavy (non-hydrogen) atoms. The summed E-state index contributed by atoms with van der Waals surface area (Å²) in [5, 5.41) is 0. The molecule has 0 fully saturated rings. The van der Waals surface area contributed by atoms with Crippen LogP contribution in [0.1, 0.15) is 40.2 Å². The minimum absolute atomic E-state index is 0.0182. The maximum absolute atomic E-state index is 13.4. The largest absolute Gasteiger partial charge is 0.497 e. The first-order valence-electron chi connectivity index (χ1n) is 11.4. The Morgan fingerprint density at radius 1 is 1.12 bits per heavy atom. The van der Waals surface area contributed by atoms with Crippen molar-refractivity contribution in [2.75, 3.05) is 37.4 Å². The summed E-state index contributed by atoms with van der Waals surface area (Å²) in [5.74, 6) is 0.774. The van der Waals surface area contributed by atoms with Crippen molar-refractivity contribution < 1.29 is 9.53 Å². The van der Waals surface area contributed by atoms with Crippen LogP contribution in [-0.2, 0) is 17.9 Å². The highest BCUT2D eigenvalue weighted by Gasteiger charge is 2.26. The number of rotatable bonds is 11. The average molecular weight is 460 g/mol. The molecule has 0 atom stereocenters. The van der Waals surface area contributed by atoms with Gasteiger partial charge in [-0.05, 0) is 36.1 Å². The van der Waals surface area contributed by atoms with Gasteiger partial charge in [-0.15, -0.1) is 0 Å². The fourth-order valence-electron chi connectivity index (χ4n) is 3.61. The number of carbonyl (C=O) groups excluding carboxylic acids is 1. The van der Waals surface area contributed by atoms with Gasteiger partial charge in [0, 0.05) is 19.6 Å². The molecular formula is C24H37N5O4. The molecule has 9 nitrogen and oxygen atoms in total. The van der Waals surface area contributed by atoms with Gasteiger partial charge in [-0.1, -0.05) is 46.8 Å². The molecule has 9 heteroatoms. The van der Waals surface area contributed by atoms with E-state index in [4.69, 9.17) is 10.5 Å².